The third kappa shape index (κ3) is 3.37. The molecule has 9 heteroatoms. The van der Waals surface area contributed by atoms with Crippen LogP contribution in [0.3, 0.4) is 0 Å². The molecular formula is C19H17N5O3S. The van der Waals surface area contributed by atoms with Crippen molar-refractivity contribution in [3.8, 4) is 10.7 Å². The van der Waals surface area contributed by atoms with Crippen molar-refractivity contribution in [3.63, 3.8) is 0 Å². The van der Waals surface area contributed by atoms with E-state index in [0.717, 1.165) is 17.0 Å². The number of nitrogens with zero attached hydrogens (tertiary/aromatic N) is 4. The summed E-state index contributed by atoms with van der Waals surface area (Å²) in [7, 11) is 0. The molecule has 0 saturated carbocycles. The highest BCUT2D eigenvalue weighted by Crippen LogP contribution is 2.29. The van der Waals surface area contributed by atoms with Crippen molar-refractivity contribution < 1.29 is 14.8 Å². The van der Waals surface area contributed by atoms with E-state index in [-0.39, 0.29) is 11.5 Å². The van der Waals surface area contributed by atoms with Gasteiger partial charge in [-0.1, -0.05) is 6.07 Å². The second kappa shape index (κ2) is 7.45. The van der Waals surface area contributed by atoms with E-state index in [1.165, 1.54) is 17.5 Å². The fourth-order valence-electron chi connectivity index (χ4n) is 3.13. The van der Waals surface area contributed by atoms with Crippen LogP contribution in [0.1, 0.15) is 37.0 Å². The van der Waals surface area contributed by atoms with Crippen molar-refractivity contribution in [1.29, 1.82) is 0 Å². The molecule has 28 heavy (non-hydrogen) atoms. The molecule has 0 atom stereocenters. The van der Waals surface area contributed by atoms with Crippen molar-refractivity contribution in [3.05, 3.63) is 64.1 Å². The molecule has 142 valence electrons. The van der Waals surface area contributed by atoms with E-state index in [4.69, 9.17) is 5.21 Å². The number of aryl methyl sites for hydroxylation is 1. The number of hydroxylamine groups is 1. The van der Waals surface area contributed by atoms with Crippen LogP contribution in [-0.2, 0) is 13.0 Å². The zero-order valence-corrected chi connectivity index (χ0v) is 15.9. The number of amides is 2. The summed E-state index contributed by atoms with van der Waals surface area (Å²) in [6, 6.07) is 7.24. The smallest absolute Gasteiger partial charge is 0.276 e. The molecule has 1 aliphatic rings. The van der Waals surface area contributed by atoms with Crippen molar-refractivity contribution in [2.75, 3.05) is 6.54 Å². The van der Waals surface area contributed by atoms with Gasteiger partial charge in [0.1, 0.15) is 9.88 Å². The number of rotatable bonds is 3. The van der Waals surface area contributed by atoms with Gasteiger partial charge in [-0.05, 0) is 30.7 Å². The molecule has 0 fully saturated rings. The number of carbonyl (C=O) groups is 2. The number of aromatic nitrogens is 3. The predicted molar refractivity (Wildman–Crippen MR) is 102 cm³/mol. The van der Waals surface area contributed by atoms with Crippen molar-refractivity contribution >= 4 is 23.2 Å². The number of pyridine rings is 2. The van der Waals surface area contributed by atoms with Gasteiger partial charge in [-0.15, -0.1) is 11.3 Å². The topological polar surface area (TPSA) is 108 Å². The van der Waals surface area contributed by atoms with Gasteiger partial charge in [0, 0.05) is 37.6 Å². The Morgan fingerprint density at radius 2 is 2.14 bits per heavy atom. The molecule has 3 aromatic heterocycles. The first-order chi connectivity index (χ1) is 13.6. The van der Waals surface area contributed by atoms with Gasteiger partial charge in [-0.25, -0.2) is 10.5 Å². The van der Waals surface area contributed by atoms with E-state index in [0.29, 0.717) is 35.1 Å². The molecule has 2 amide bonds. The molecule has 0 aliphatic carbocycles. The summed E-state index contributed by atoms with van der Waals surface area (Å²) < 4.78 is 0. The van der Waals surface area contributed by atoms with Crippen molar-refractivity contribution in [1.82, 2.24) is 25.3 Å². The molecule has 0 saturated heterocycles. The Morgan fingerprint density at radius 1 is 1.29 bits per heavy atom. The molecule has 0 radical (unpaired) electrons. The number of hydrogen-bond donors (Lipinski definition) is 2. The largest absolute Gasteiger partial charge is 0.333 e. The SMILES string of the molecule is Cc1nc(-c2ccccn2)sc1C(=O)N1CCc2ncc(C(=O)NO)cc2C1. The summed E-state index contributed by atoms with van der Waals surface area (Å²) in [5, 5.41) is 9.52. The zero-order valence-electron chi connectivity index (χ0n) is 15.0. The maximum Gasteiger partial charge on any atom is 0.276 e. The second-order valence-electron chi connectivity index (χ2n) is 6.40. The number of thiazole rings is 1. The van der Waals surface area contributed by atoms with Crippen molar-refractivity contribution in [2.45, 2.75) is 19.9 Å². The highest BCUT2D eigenvalue weighted by Gasteiger charge is 2.26. The maximum absolute atomic E-state index is 13.1. The minimum absolute atomic E-state index is 0.0974. The monoisotopic (exact) mass is 395 g/mol. The van der Waals surface area contributed by atoms with Crippen LogP contribution < -0.4 is 5.48 Å². The summed E-state index contributed by atoms with van der Waals surface area (Å²) in [5.41, 5.74) is 4.92. The fraction of sp³-hybridized carbons (Fsp3) is 0.211. The van der Waals surface area contributed by atoms with E-state index >= 15 is 0 Å². The Bertz CT molecular complexity index is 1050. The van der Waals surface area contributed by atoms with E-state index in [2.05, 4.69) is 15.0 Å². The van der Waals surface area contributed by atoms with Crippen LogP contribution in [0.2, 0.25) is 0 Å². The lowest BCUT2D eigenvalue weighted by molar-refractivity contribution is 0.0705. The Kier molecular flexibility index (Phi) is 4.84. The summed E-state index contributed by atoms with van der Waals surface area (Å²) >= 11 is 1.33. The summed E-state index contributed by atoms with van der Waals surface area (Å²) in [4.78, 5) is 40.1. The Labute approximate surface area is 164 Å². The summed E-state index contributed by atoms with van der Waals surface area (Å²) in [6.07, 6.45) is 3.73. The van der Waals surface area contributed by atoms with Gasteiger partial charge in [0.25, 0.3) is 11.8 Å². The average molecular weight is 395 g/mol. The highest BCUT2D eigenvalue weighted by molar-refractivity contribution is 7.17. The first-order valence-electron chi connectivity index (χ1n) is 8.67. The van der Waals surface area contributed by atoms with Gasteiger partial charge in [0.2, 0.25) is 0 Å². The quantitative estimate of drug-likeness (QED) is 0.520. The number of nitrogens with one attached hydrogen (secondary N) is 1. The van der Waals surface area contributed by atoms with E-state index in [1.54, 1.807) is 22.6 Å². The molecule has 0 spiro atoms. The first kappa shape index (κ1) is 18.2. The maximum atomic E-state index is 13.1. The molecule has 3 aromatic rings. The van der Waals surface area contributed by atoms with Gasteiger partial charge in [-0.3, -0.25) is 24.8 Å². The number of carbonyl (C=O) groups excluding carboxylic acids is 2. The number of hydrogen-bond acceptors (Lipinski definition) is 7. The van der Waals surface area contributed by atoms with E-state index in [1.807, 2.05) is 25.1 Å². The Hall–Kier alpha value is -3.17. The van der Waals surface area contributed by atoms with Crippen LogP contribution in [0, 0.1) is 6.92 Å². The molecule has 2 N–H and O–H groups in total. The second-order valence-corrected chi connectivity index (χ2v) is 7.40. The van der Waals surface area contributed by atoms with Gasteiger partial charge in [-0.2, -0.15) is 0 Å². The van der Waals surface area contributed by atoms with Crippen LogP contribution in [0.4, 0.5) is 0 Å². The lowest BCUT2D eigenvalue weighted by Crippen LogP contribution is -2.36. The minimum Gasteiger partial charge on any atom is -0.333 e. The van der Waals surface area contributed by atoms with Crippen molar-refractivity contribution in [2.24, 2.45) is 0 Å². The van der Waals surface area contributed by atoms with Crippen LogP contribution in [0.5, 0.6) is 0 Å². The lowest BCUT2D eigenvalue weighted by Gasteiger charge is -2.28. The van der Waals surface area contributed by atoms with Gasteiger partial charge >= 0.3 is 0 Å². The molecule has 0 unspecified atom stereocenters. The van der Waals surface area contributed by atoms with Gasteiger partial charge in [0.05, 0.1) is 17.0 Å². The standard InChI is InChI=1S/C19H17N5O3S/c1-11-16(28-18(22-11)15-4-2-3-6-20-15)19(26)24-7-5-14-13(10-24)8-12(9-21-14)17(25)23-27/h2-4,6,8-9,27H,5,7,10H2,1H3,(H,23,25). The third-order valence-electron chi connectivity index (χ3n) is 4.57. The van der Waals surface area contributed by atoms with Gasteiger partial charge in [0.15, 0.2) is 0 Å². The summed E-state index contributed by atoms with van der Waals surface area (Å²) in [5.74, 6) is -0.725. The third-order valence-corrected chi connectivity index (χ3v) is 5.73. The Morgan fingerprint density at radius 3 is 2.89 bits per heavy atom. The number of fused-ring (bicyclic) bond motifs is 1. The molecule has 0 bridgehead atoms. The van der Waals surface area contributed by atoms with E-state index in [9.17, 15) is 9.59 Å². The first-order valence-corrected chi connectivity index (χ1v) is 9.49. The lowest BCUT2D eigenvalue weighted by atomic mass is 10.0. The zero-order chi connectivity index (χ0) is 19.7. The molecule has 0 aromatic carbocycles. The Balaban J connectivity index is 1.59. The average Bonchev–Trinajstić information content (AvgIpc) is 3.14. The summed E-state index contributed by atoms with van der Waals surface area (Å²) in [6.45, 7) is 2.71. The normalized spacial score (nSPS) is 13.1. The molecule has 4 rings (SSSR count). The predicted octanol–water partition coefficient (Wildman–Crippen LogP) is 2.23. The van der Waals surface area contributed by atoms with Crippen LogP contribution in [0.25, 0.3) is 10.7 Å². The van der Waals surface area contributed by atoms with E-state index < -0.39 is 5.91 Å². The van der Waals surface area contributed by atoms with Crippen LogP contribution in [0.15, 0.2) is 36.7 Å². The van der Waals surface area contributed by atoms with Gasteiger partial charge < -0.3 is 4.90 Å². The van der Waals surface area contributed by atoms with Crippen LogP contribution in [-0.4, -0.2) is 43.4 Å². The molecule has 1 aliphatic heterocycles. The molecule has 4 heterocycles. The highest BCUT2D eigenvalue weighted by atomic mass is 32.1. The minimum atomic E-state index is -0.628. The fourth-order valence-corrected chi connectivity index (χ4v) is 4.14. The molecule has 8 nitrogen and oxygen atoms in total. The molecular weight excluding hydrogens is 378 g/mol. The van der Waals surface area contributed by atoms with Crippen LogP contribution >= 0.6 is 11.3 Å².